The summed E-state index contributed by atoms with van der Waals surface area (Å²) in [6, 6.07) is 15.1. The fourth-order valence-electron chi connectivity index (χ4n) is 3.16. The number of fused-ring (bicyclic) bond motifs is 3. The summed E-state index contributed by atoms with van der Waals surface area (Å²) in [7, 11) is 1.61. The molecule has 0 aliphatic carbocycles. The highest BCUT2D eigenvalue weighted by Crippen LogP contribution is 2.39. The van der Waals surface area contributed by atoms with Gasteiger partial charge in [0.2, 0.25) is 0 Å². The molecule has 0 fully saturated rings. The van der Waals surface area contributed by atoms with Crippen LogP contribution in [-0.2, 0) is 24.5 Å². The van der Waals surface area contributed by atoms with Crippen LogP contribution in [0, 0.1) is 0 Å². The largest absolute Gasteiger partial charge is 0.497 e. The van der Waals surface area contributed by atoms with E-state index in [-0.39, 0.29) is 6.61 Å². The van der Waals surface area contributed by atoms with Gasteiger partial charge in [-0.3, -0.25) is 5.32 Å². The number of carbonyl (C=O) groups excluding carboxylic acids is 1. The highest BCUT2D eigenvalue weighted by Gasteiger charge is 2.26. The van der Waals surface area contributed by atoms with Gasteiger partial charge < -0.3 is 14.2 Å². The van der Waals surface area contributed by atoms with Crippen molar-refractivity contribution in [3.05, 3.63) is 59.7 Å². The maximum Gasteiger partial charge on any atom is 0.413 e. The molecule has 1 amide bonds. The SMILES string of the molecule is CCn1nc2c(c1NC(=O)OCc1ccc(OC)cc1)COc1ccccc1-2. The molecular weight excluding hydrogens is 358 g/mol. The quantitative estimate of drug-likeness (QED) is 0.718. The molecule has 3 aromatic rings. The molecule has 0 bridgehead atoms. The van der Waals surface area contributed by atoms with Crippen LogP contribution in [0.3, 0.4) is 0 Å². The predicted octanol–water partition coefficient (Wildman–Crippen LogP) is 4.22. The number of hydrogen-bond acceptors (Lipinski definition) is 5. The average Bonchev–Trinajstić information content (AvgIpc) is 3.10. The van der Waals surface area contributed by atoms with E-state index in [9.17, 15) is 4.79 Å². The summed E-state index contributed by atoms with van der Waals surface area (Å²) in [6.45, 7) is 3.10. The first-order valence-corrected chi connectivity index (χ1v) is 9.08. The van der Waals surface area contributed by atoms with Gasteiger partial charge in [-0.25, -0.2) is 9.48 Å². The average molecular weight is 379 g/mol. The third kappa shape index (κ3) is 3.38. The zero-order chi connectivity index (χ0) is 19.5. The van der Waals surface area contributed by atoms with Crippen LogP contribution in [-0.4, -0.2) is 23.0 Å². The van der Waals surface area contributed by atoms with Crippen molar-refractivity contribution in [2.45, 2.75) is 26.7 Å². The lowest BCUT2D eigenvalue weighted by Gasteiger charge is -2.17. The lowest BCUT2D eigenvalue weighted by Crippen LogP contribution is -2.18. The zero-order valence-corrected chi connectivity index (χ0v) is 15.8. The van der Waals surface area contributed by atoms with Gasteiger partial charge in [0.1, 0.15) is 36.2 Å². The maximum absolute atomic E-state index is 12.4. The first kappa shape index (κ1) is 17.9. The lowest BCUT2D eigenvalue weighted by molar-refractivity contribution is 0.155. The number of nitrogens with one attached hydrogen (secondary N) is 1. The number of ether oxygens (including phenoxy) is 3. The Kier molecular flexibility index (Phi) is 4.89. The minimum absolute atomic E-state index is 0.164. The molecule has 0 spiro atoms. The van der Waals surface area contributed by atoms with Gasteiger partial charge in [0.05, 0.1) is 12.7 Å². The van der Waals surface area contributed by atoms with E-state index < -0.39 is 6.09 Å². The first-order valence-electron chi connectivity index (χ1n) is 9.08. The second-order valence-corrected chi connectivity index (χ2v) is 6.33. The molecule has 7 heteroatoms. The second-order valence-electron chi connectivity index (χ2n) is 6.33. The fraction of sp³-hybridized carbons (Fsp3) is 0.238. The molecule has 4 rings (SSSR count). The second kappa shape index (κ2) is 7.64. The summed E-state index contributed by atoms with van der Waals surface area (Å²) >= 11 is 0. The molecule has 0 atom stereocenters. The fourth-order valence-corrected chi connectivity index (χ4v) is 3.16. The van der Waals surface area contributed by atoms with E-state index in [0.29, 0.717) is 19.0 Å². The minimum atomic E-state index is -0.535. The number of carbonyl (C=O) groups is 1. The van der Waals surface area contributed by atoms with E-state index in [2.05, 4.69) is 10.4 Å². The first-order chi connectivity index (χ1) is 13.7. The Balaban J connectivity index is 1.50. The maximum atomic E-state index is 12.4. The van der Waals surface area contributed by atoms with E-state index in [1.54, 1.807) is 11.8 Å². The topological polar surface area (TPSA) is 74.6 Å². The van der Waals surface area contributed by atoms with Crippen LogP contribution in [0.5, 0.6) is 11.5 Å². The number of benzene rings is 2. The number of hydrogen-bond donors (Lipinski definition) is 1. The Hall–Kier alpha value is -3.48. The molecule has 0 saturated heterocycles. The smallest absolute Gasteiger partial charge is 0.413 e. The molecule has 1 aromatic heterocycles. The molecule has 1 N–H and O–H groups in total. The predicted molar refractivity (Wildman–Crippen MR) is 104 cm³/mol. The molecule has 7 nitrogen and oxygen atoms in total. The van der Waals surface area contributed by atoms with Crippen LogP contribution in [0.25, 0.3) is 11.3 Å². The van der Waals surface area contributed by atoms with Crippen molar-refractivity contribution < 1.29 is 19.0 Å². The number of para-hydroxylation sites is 1. The Morgan fingerprint density at radius 1 is 1.21 bits per heavy atom. The summed E-state index contributed by atoms with van der Waals surface area (Å²) in [4.78, 5) is 12.4. The summed E-state index contributed by atoms with van der Waals surface area (Å²) < 4.78 is 18.1. The van der Waals surface area contributed by atoms with Crippen molar-refractivity contribution in [1.29, 1.82) is 0 Å². The molecule has 2 aromatic carbocycles. The van der Waals surface area contributed by atoms with Gasteiger partial charge in [0.25, 0.3) is 0 Å². The molecule has 0 unspecified atom stereocenters. The Morgan fingerprint density at radius 2 is 2.00 bits per heavy atom. The standard InChI is InChI=1S/C21H21N3O4/c1-3-24-20(17-13-27-18-7-5-4-6-16(18)19(17)23-24)22-21(25)28-12-14-8-10-15(26-2)11-9-14/h4-11H,3,12-13H2,1-2H3,(H,22,25). The Bertz CT molecular complexity index is 995. The van der Waals surface area contributed by atoms with Crippen molar-refractivity contribution in [2.75, 3.05) is 12.4 Å². The van der Waals surface area contributed by atoms with Crippen molar-refractivity contribution in [2.24, 2.45) is 0 Å². The van der Waals surface area contributed by atoms with Crippen molar-refractivity contribution >= 4 is 11.9 Å². The number of aryl methyl sites for hydroxylation is 1. The molecule has 1 aliphatic heterocycles. The summed E-state index contributed by atoms with van der Waals surface area (Å²) in [6.07, 6.45) is -0.535. The van der Waals surface area contributed by atoms with Gasteiger partial charge in [-0.2, -0.15) is 5.10 Å². The van der Waals surface area contributed by atoms with Crippen LogP contribution in [0.4, 0.5) is 10.6 Å². The molecule has 28 heavy (non-hydrogen) atoms. The van der Waals surface area contributed by atoms with Crippen LogP contribution in [0.15, 0.2) is 48.5 Å². The summed E-state index contributed by atoms with van der Waals surface area (Å²) in [5.74, 6) is 2.16. The van der Waals surface area contributed by atoms with Gasteiger partial charge >= 0.3 is 6.09 Å². The van der Waals surface area contributed by atoms with E-state index in [4.69, 9.17) is 14.2 Å². The summed E-state index contributed by atoms with van der Waals surface area (Å²) in [5, 5.41) is 7.48. The van der Waals surface area contributed by atoms with Crippen LogP contribution in [0.2, 0.25) is 0 Å². The molecule has 1 aliphatic rings. The molecule has 144 valence electrons. The van der Waals surface area contributed by atoms with Crippen LogP contribution < -0.4 is 14.8 Å². The van der Waals surface area contributed by atoms with E-state index in [1.807, 2.05) is 55.5 Å². The van der Waals surface area contributed by atoms with Gasteiger partial charge in [-0.15, -0.1) is 0 Å². The molecule has 2 heterocycles. The van der Waals surface area contributed by atoms with E-state index in [0.717, 1.165) is 33.9 Å². The summed E-state index contributed by atoms with van der Waals surface area (Å²) in [5.41, 5.74) is 3.47. The number of rotatable bonds is 5. The Labute approximate surface area is 162 Å². The number of amides is 1. The highest BCUT2D eigenvalue weighted by atomic mass is 16.5. The number of aromatic nitrogens is 2. The van der Waals surface area contributed by atoms with E-state index in [1.165, 1.54) is 0 Å². The third-order valence-electron chi connectivity index (χ3n) is 4.61. The monoisotopic (exact) mass is 379 g/mol. The van der Waals surface area contributed by atoms with Crippen molar-refractivity contribution in [1.82, 2.24) is 9.78 Å². The minimum Gasteiger partial charge on any atom is -0.497 e. The molecular formula is C21H21N3O4. The number of methoxy groups -OCH3 is 1. The van der Waals surface area contributed by atoms with E-state index >= 15 is 0 Å². The lowest BCUT2D eigenvalue weighted by atomic mass is 10.0. The zero-order valence-electron chi connectivity index (χ0n) is 15.8. The van der Waals surface area contributed by atoms with Gasteiger partial charge in [-0.05, 0) is 36.8 Å². The van der Waals surface area contributed by atoms with Gasteiger partial charge in [0.15, 0.2) is 0 Å². The molecule has 0 radical (unpaired) electrons. The number of anilines is 1. The van der Waals surface area contributed by atoms with Crippen LogP contribution in [0.1, 0.15) is 18.1 Å². The van der Waals surface area contributed by atoms with Gasteiger partial charge in [-0.1, -0.05) is 24.3 Å². The van der Waals surface area contributed by atoms with Gasteiger partial charge in [0, 0.05) is 12.1 Å². The highest BCUT2D eigenvalue weighted by molar-refractivity contribution is 5.87. The Morgan fingerprint density at radius 3 is 2.75 bits per heavy atom. The van der Waals surface area contributed by atoms with Crippen LogP contribution >= 0.6 is 0 Å². The molecule has 0 saturated carbocycles. The number of nitrogens with zero attached hydrogens (tertiary/aromatic N) is 2. The third-order valence-corrected chi connectivity index (χ3v) is 4.61. The normalized spacial score (nSPS) is 11.8. The van der Waals surface area contributed by atoms with Crippen molar-refractivity contribution in [3.8, 4) is 22.8 Å². The van der Waals surface area contributed by atoms with Crippen molar-refractivity contribution in [3.63, 3.8) is 0 Å².